The number of nitrogens with two attached hydrogens (primary N) is 7. The molecule has 0 radical (unpaired) electrons. The third-order valence-electron chi connectivity index (χ3n) is 17.2. The number of ether oxygens (including phenoxy) is 10. The second-order valence-corrected chi connectivity index (χ2v) is 26.3. The van der Waals surface area contributed by atoms with Crippen molar-refractivity contribution in [3.05, 3.63) is 176 Å². The molecule has 19 atom stereocenters. The number of benzene rings is 6. The van der Waals surface area contributed by atoms with Gasteiger partial charge in [0.2, 0.25) is 0 Å². The second-order valence-electron chi connectivity index (χ2n) is 24.1. The van der Waals surface area contributed by atoms with Crippen molar-refractivity contribution in [1.29, 1.82) is 0 Å². The highest BCUT2D eigenvalue weighted by Crippen LogP contribution is 2.42. The van der Waals surface area contributed by atoms with Crippen LogP contribution in [-0.2, 0) is 76.3 Å². The number of rotatable bonds is 28. The molecule has 38 heteroatoms. The molecule has 6 aromatic rings. The molecule has 1 saturated carbocycles. The van der Waals surface area contributed by atoms with E-state index in [4.69, 9.17) is 160 Å². The van der Waals surface area contributed by atoms with Crippen LogP contribution in [0.3, 0.4) is 0 Å². The number of aryl methyl sites for hydroxylation is 1. The van der Waals surface area contributed by atoms with Crippen LogP contribution in [0.25, 0.3) is 0 Å². The van der Waals surface area contributed by atoms with E-state index in [0.29, 0.717) is 15.7 Å². The van der Waals surface area contributed by atoms with Crippen molar-refractivity contribution >= 4 is 136 Å². The summed E-state index contributed by atoms with van der Waals surface area (Å²) in [4.78, 5) is 111. The number of carbonyl (C=O) groups is 7. The molecule has 3 saturated heterocycles. The van der Waals surface area contributed by atoms with Gasteiger partial charge in [0.05, 0.1) is 29.1 Å². The Morgan fingerprint density at radius 2 is 0.800 bits per heavy atom. The Morgan fingerprint density at radius 3 is 1.24 bits per heavy atom. The summed E-state index contributed by atoms with van der Waals surface area (Å²) in [6, 6.07) is 25.9. The highest BCUT2D eigenvalue weighted by Gasteiger charge is 2.60. The minimum absolute atomic E-state index is 0.0411. The molecule has 10 rings (SSSR count). The van der Waals surface area contributed by atoms with Crippen LogP contribution in [0.5, 0.6) is 0 Å². The van der Waals surface area contributed by atoms with Crippen molar-refractivity contribution in [3.63, 3.8) is 0 Å². The Morgan fingerprint density at radius 1 is 0.438 bits per heavy atom. The number of primary amides is 1. The maximum Gasteiger partial charge on any atom is 0.412 e. The van der Waals surface area contributed by atoms with Gasteiger partial charge in [-0.15, -0.1) is 0 Å². The van der Waals surface area contributed by atoms with E-state index < -0.39 is 160 Å². The highest BCUT2D eigenvalue weighted by molar-refractivity contribution is 6.31. The fourth-order valence-electron chi connectivity index (χ4n) is 12.4. The molecule has 6 aromatic carbocycles. The second kappa shape index (κ2) is 36.5. The van der Waals surface area contributed by atoms with Gasteiger partial charge in [0.15, 0.2) is 37.2 Å². The van der Waals surface area contributed by atoms with E-state index >= 15 is 0 Å². The summed E-state index contributed by atoms with van der Waals surface area (Å²) in [5.41, 5.74) is 49.4. The Bertz CT molecular complexity index is 3900. The molecule has 3 aliphatic heterocycles. The number of hydrogen-bond donors (Lipinski definition) is 10. The molecule has 0 aromatic heterocycles. The number of nitrogens with zero attached hydrogens (tertiary/aromatic N) is 3. The minimum atomic E-state index is -1.96. The van der Waals surface area contributed by atoms with Gasteiger partial charge in [0, 0.05) is 67.3 Å². The number of hydrogen-bond acceptors (Lipinski definition) is 29. The average molecular weight is 1560 g/mol. The van der Waals surface area contributed by atoms with Gasteiger partial charge in [-0.2, -0.15) is 15.2 Å². The zero-order valence-electron chi connectivity index (χ0n) is 55.3. The van der Waals surface area contributed by atoms with E-state index in [2.05, 4.69) is 16.0 Å². The smallest absolute Gasteiger partial charge is 0.412 e. The Labute approximate surface area is 624 Å². The summed E-state index contributed by atoms with van der Waals surface area (Å²) in [6.07, 6.45) is -24.7. The van der Waals surface area contributed by atoms with E-state index in [1.54, 1.807) is 24.3 Å². The molecule has 19 unspecified atom stereocenters. The first-order valence-electron chi connectivity index (χ1n) is 32.2. The lowest BCUT2D eigenvalue weighted by atomic mass is 9.82. The number of hydroxylamine groups is 3. The molecule has 4 fully saturated rings. The molecule has 1 aliphatic carbocycles. The normalized spacial score (nSPS) is 27.7. The van der Waals surface area contributed by atoms with Crippen LogP contribution in [0.4, 0.5) is 53.3 Å². The van der Waals surface area contributed by atoms with Gasteiger partial charge in [-0.3, -0.25) is 30.3 Å². The summed E-state index contributed by atoms with van der Waals surface area (Å²) in [6.45, 7) is 0.372. The van der Waals surface area contributed by atoms with Crippen molar-refractivity contribution in [1.82, 2.24) is 0 Å². The van der Waals surface area contributed by atoms with Crippen LogP contribution < -0.4 is 71.3 Å². The van der Waals surface area contributed by atoms with Gasteiger partial charge in [0.25, 0.3) is 0 Å². The standard InChI is InChI=1S/C67H74Cl5N13O20/c1-33-2-14-39(15-3-33)80-65(90)103-56-47(27-73)97-61(50(77)53(56)84(95-31-87)43-22-10-37(71)11-23-43)101-57-49(29-93-64(79)89)99-63(54(57)85(96-32-88)44-24-12-38(72)13-25-44)102-60-52(83(94-30-86)42-20-8-36(70)9-21-42)45(75)26-46(76)55(60)100-62-51(78)59(105-67(92)82-41-18-6-35(69)7-19-41)58(48(28-74)98-62)104-66(91)81-40-16-4-34(68)5-17-40/h2-25,30-32,45-63H,26-29,73-78H2,1H3,(H2,79,89)(H,80,90)(H,81,91)(H,82,92). The van der Waals surface area contributed by atoms with Crippen molar-refractivity contribution in [3.8, 4) is 0 Å². The number of anilines is 6. The number of carbonyl (C=O) groups excluding carboxylic acids is 7. The van der Waals surface area contributed by atoms with Gasteiger partial charge < -0.3 is 102 Å². The largest absolute Gasteiger partial charge is 0.447 e. The molecule has 4 amide bonds. The van der Waals surface area contributed by atoms with Crippen molar-refractivity contribution in [2.24, 2.45) is 40.1 Å². The lowest BCUT2D eigenvalue weighted by Gasteiger charge is -2.51. The first-order valence-corrected chi connectivity index (χ1v) is 34.1. The average Bonchev–Trinajstić information content (AvgIpc) is 1.72. The highest BCUT2D eigenvalue weighted by atomic mass is 35.5. The molecular formula is C67H74Cl5N13O20. The third-order valence-corrected chi connectivity index (χ3v) is 18.5. The van der Waals surface area contributed by atoms with E-state index in [1.807, 2.05) is 6.92 Å². The van der Waals surface area contributed by atoms with Gasteiger partial charge in [-0.05, 0) is 147 Å². The van der Waals surface area contributed by atoms with Crippen LogP contribution in [0.15, 0.2) is 146 Å². The Balaban J connectivity index is 1.08. The first-order chi connectivity index (χ1) is 50.5. The van der Waals surface area contributed by atoms with Crippen LogP contribution in [0.1, 0.15) is 12.0 Å². The van der Waals surface area contributed by atoms with Crippen LogP contribution in [0.2, 0.25) is 25.1 Å². The van der Waals surface area contributed by atoms with Gasteiger partial charge >= 0.3 is 43.8 Å². The predicted molar refractivity (Wildman–Crippen MR) is 381 cm³/mol. The van der Waals surface area contributed by atoms with Crippen LogP contribution in [0, 0.1) is 6.92 Å². The molecule has 3 heterocycles. The lowest BCUT2D eigenvalue weighted by molar-refractivity contribution is -0.296. The monoisotopic (exact) mass is 1560 g/mol. The SMILES string of the molecule is Cc1ccc(NC(=O)OC2C(CN)OC(OC3C(COC(N)=O)OC(OC4C(OC5OC(CN)C(OC(=O)Nc6ccc(Cl)cc6)C(OC(=O)Nc6ccc(Cl)cc6)C5N)C(N)CC(N)C4N(OC=O)c4ccc(Cl)cc4)C3N(OC=O)c3ccc(Cl)cc3)C(N)C2N(OC=O)c2ccc(Cl)cc2)cc1. The van der Waals surface area contributed by atoms with E-state index in [9.17, 15) is 33.6 Å². The zero-order chi connectivity index (χ0) is 75.2. The minimum Gasteiger partial charge on any atom is -0.447 e. The molecule has 105 heavy (non-hydrogen) atoms. The zero-order valence-corrected chi connectivity index (χ0v) is 59.1. The summed E-state index contributed by atoms with van der Waals surface area (Å²) in [5, 5.41) is 12.4. The fraction of sp³-hybridized carbons (Fsp3) is 0.358. The molecule has 17 N–H and O–H groups in total. The van der Waals surface area contributed by atoms with E-state index in [-0.39, 0.29) is 69.3 Å². The molecule has 0 spiro atoms. The van der Waals surface area contributed by atoms with Gasteiger partial charge in [-0.25, -0.2) is 19.2 Å². The van der Waals surface area contributed by atoms with Crippen molar-refractivity contribution in [2.45, 2.75) is 129 Å². The Hall–Kier alpha value is -8.82. The van der Waals surface area contributed by atoms with Gasteiger partial charge in [0.1, 0.15) is 61.4 Å². The van der Waals surface area contributed by atoms with Crippen LogP contribution >= 0.6 is 58.0 Å². The maximum absolute atomic E-state index is 14.1. The summed E-state index contributed by atoms with van der Waals surface area (Å²) >= 11 is 31.5. The lowest BCUT2D eigenvalue weighted by Crippen LogP contribution is -2.71. The van der Waals surface area contributed by atoms with Crippen molar-refractivity contribution < 1.29 is 95.4 Å². The topological polar surface area (TPSA) is 467 Å². The number of nitrogens with one attached hydrogen (secondary N) is 3. The van der Waals surface area contributed by atoms with E-state index in [1.165, 1.54) is 121 Å². The molecular weight excluding hydrogens is 1480 g/mol. The first kappa shape index (κ1) is 78.8. The fourth-order valence-corrected chi connectivity index (χ4v) is 13.1. The summed E-state index contributed by atoms with van der Waals surface area (Å²) in [5.74, 6) is 0. The summed E-state index contributed by atoms with van der Waals surface area (Å²) < 4.78 is 64.8. The number of halogens is 5. The van der Waals surface area contributed by atoms with Gasteiger partial charge in [-0.1, -0.05) is 75.7 Å². The van der Waals surface area contributed by atoms with E-state index in [0.717, 1.165) is 20.8 Å². The molecule has 0 bridgehead atoms. The maximum atomic E-state index is 14.1. The third kappa shape index (κ3) is 19.6. The molecule has 4 aliphatic rings. The Kier molecular flexibility index (Phi) is 27.3. The number of amides is 4. The molecule has 33 nitrogen and oxygen atoms in total. The predicted octanol–water partition coefficient (Wildman–Crippen LogP) is 6.36. The summed E-state index contributed by atoms with van der Waals surface area (Å²) in [7, 11) is 0. The van der Waals surface area contributed by atoms with Crippen LogP contribution in [-0.4, -0.2) is 180 Å². The van der Waals surface area contributed by atoms with Crippen molar-refractivity contribution in [2.75, 3.05) is 50.8 Å². The molecule has 562 valence electrons. The quantitative estimate of drug-likeness (QED) is 0.0145.